The summed E-state index contributed by atoms with van der Waals surface area (Å²) in [6.45, 7) is 2.21. The summed E-state index contributed by atoms with van der Waals surface area (Å²) in [6, 6.07) is 11.6. The van der Waals surface area contributed by atoms with Crippen LogP contribution in [0.3, 0.4) is 0 Å². The Morgan fingerprint density at radius 2 is 2.00 bits per heavy atom. The summed E-state index contributed by atoms with van der Waals surface area (Å²) in [5.74, 6) is 0.898. The van der Waals surface area contributed by atoms with Gasteiger partial charge in [-0.2, -0.15) is 4.98 Å². The molecule has 0 saturated carbocycles. The van der Waals surface area contributed by atoms with Crippen LogP contribution in [0.25, 0.3) is 17.1 Å². The molecule has 1 amide bonds. The molecule has 1 N–H and O–H groups in total. The summed E-state index contributed by atoms with van der Waals surface area (Å²) < 4.78 is 7.17. The van der Waals surface area contributed by atoms with Crippen molar-refractivity contribution in [2.24, 2.45) is 0 Å². The number of imidazole rings is 1. The molecule has 29 heavy (non-hydrogen) atoms. The number of benzene rings is 1. The van der Waals surface area contributed by atoms with Crippen molar-refractivity contribution in [3.8, 4) is 17.1 Å². The number of hydrogen-bond donors (Lipinski definition) is 1. The van der Waals surface area contributed by atoms with E-state index in [9.17, 15) is 4.79 Å². The maximum atomic E-state index is 12.2. The van der Waals surface area contributed by atoms with E-state index < -0.39 is 0 Å². The Morgan fingerprint density at radius 1 is 1.17 bits per heavy atom. The van der Waals surface area contributed by atoms with Gasteiger partial charge in [0.1, 0.15) is 0 Å². The van der Waals surface area contributed by atoms with Gasteiger partial charge in [-0.05, 0) is 30.7 Å². The minimum absolute atomic E-state index is 0.141. The maximum Gasteiger partial charge on any atom is 0.246 e. The van der Waals surface area contributed by atoms with Gasteiger partial charge in [-0.1, -0.05) is 35.1 Å². The third-order valence-electron chi connectivity index (χ3n) is 4.16. The van der Waals surface area contributed by atoms with Gasteiger partial charge in [-0.15, -0.1) is 0 Å². The highest BCUT2D eigenvalue weighted by molar-refractivity contribution is 7.99. The van der Waals surface area contributed by atoms with Crippen LogP contribution in [0.4, 0.5) is 0 Å². The number of pyridine rings is 1. The van der Waals surface area contributed by atoms with Gasteiger partial charge in [0.2, 0.25) is 17.6 Å². The van der Waals surface area contributed by atoms with E-state index in [1.165, 1.54) is 11.8 Å². The molecule has 146 valence electrons. The quantitative estimate of drug-likeness (QED) is 0.471. The molecule has 1 aromatic carbocycles. The fourth-order valence-corrected chi connectivity index (χ4v) is 3.51. The van der Waals surface area contributed by atoms with Crippen LogP contribution in [0, 0.1) is 6.92 Å². The highest BCUT2D eigenvalue weighted by Gasteiger charge is 2.12. The summed E-state index contributed by atoms with van der Waals surface area (Å²) in [5, 5.41) is 7.47. The highest BCUT2D eigenvalue weighted by atomic mass is 32.2. The lowest BCUT2D eigenvalue weighted by atomic mass is 10.2. The van der Waals surface area contributed by atoms with Gasteiger partial charge < -0.3 is 9.84 Å². The number of carbonyl (C=O) groups is 1. The fourth-order valence-electron chi connectivity index (χ4n) is 2.71. The van der Waals surface area contributed by atoms with E-state index in [0.717, 1.165) is 22.0 Å². The Kier molecular flexibility index (Phi) is 5.66. The minimum Gasteiger partial charge on any atom is -0.346 e. The van der Waals surface area contributed by atoms with Gasteiger partial charge in [0.15, 0.2) is 5.16 Å². The minimum atomic E-state index is -0.141. The van der Waals surface area contributed by atoms with E-state index in [2.05, 4.69) is 25.4 Å². The van der Waals surface area contributed by atoms with Gasteiger partial charge in [-0.25, -0.2) is 4.98 Å². The molecule has 4 aromatic rings. The van der Waals surface area contributed by atoms with Crippen molar-refractivity contribution >= 4 is 17.7 Å². The average Bonchev–Trinajstić information content (AvgIpc) is 3.41. The lowest BCUT2D eigenvalue weighted by molar-refractivity contribution is -0.118. The Hall–Kier alpha value is -3.46. The number of carbonyl (C=O) groups excluding carboxylic acids is 1. The third-order valence-corrected chi connectivity index (χ3v) is 5.12. The highest BCUT2D eigenvalue weighted by Crippen LogP contribution is 2.22. The van der Waals surface area contributed by atoms with Gasteiger partial charge >= 0.3 is 0 Å². The standard InChI is InChI=1S/C20H18N6O2S/c1-14-4-2-3-5-16(14)26-11-10-22-20(26)29-13-17(27)23-12-18-24-19(25-28-18)15-6-8-21-9-7-15/h2-11H,12-13H2,1H3,(H,23,27). The summed E-state index contributed by atoms with van der Waals surface area (Å²) in [5.41, 5.74) is 2.99. The molecule has 0 bridgehead atoms. The summed E-state index contributed by atoms with van der Waals surface area (Å²) >= 11 is 1.37. The molecule has 0 aliphatic carbocycles. The number of rotatable bonds is 7. The van der Waals surface area contributed by atoms with Crippen LogP contribution in [0.15, 0.2) is 70.9 Å². The number of hydrogen-bond acceptors (Lipinski definition) is 7. The Labute approximate surface area is 171 Å². The molecule has 0 fully saturated rings. The van der Waals surface area contributed by atoms with Crippen LogP contribution in [-0.2, 0) is 11.3 Å². The van der Waals surface area contributed by atoms with Crippen LogP contribution >= 0.6 is 11.8 Å². The molecule has 0 saturated heterocycles. The maximum absolute atomic E-state index is 12.2. The molecule has 9 heteroatoms. The fraction of sp³-hybridized carbons (Fsp3) is 0.150. The SMILES string of the molecule is Cc1ccccc1-n1ccnc1SCC(=O)NCc1nc(-c2ccncc2)no1. The smallest absolute Gasteiger partial charge is 0.246 e. The Morgan fingerprint density at radius 3 is 2.83 bits per heavy atom. The molecule has 0 spiro atoms. The zero-order valence-electron chi connectivity index (χ0n) is 15.6. The molecular weight excluding hydrogens is 388 g/mol. The number of aryl methyl sites for hydroxylation is 1. The molecule has 4 rings (SSSR count). The van der Waals surface area contributed by atoms with Crippen LogP contribution in [0.5, 0.6) is 0 Å². The zero-order valence-corrected chi connectivity index (χ0v) is 16.5. The normalized spacial score (nSPS) is 10.8. The molecule has 0 radical (unpaired) electrons. The van der Waals surface area contributed by atoms with Crippen molar-refractivity contribution < 1.29 is 9.32 Å². The van der Waals surface area contributed by atoms with Crippen LogP contribution in [0.2, 0.25) is 0 Å². The van der Waals surface area contributed by atoms with Crippen molar-refractivity contribution in [3.05, 3.63) is 72.6 Å². The first-order chi connectivity index (χ1) is 14.2. The Balaban J connectivity index is 1.32. The first-order valence-corrected chi connectivity index (χ1v) is 9.91. The first kappa shape index (κ1) is 18.9. The lowest BCUT2D eigenvalue weighted by Crippen LogP contribution is -2.24. The zero-order chi connectivity index (χ0) is 20.1. The molecule has 0 atom stereocenters. The third kappa shape index (κ3) is 4.52. The van der Waals surface area contributed by atoms with Gasteiger partial charge in [-0.3, -0.25) is 14.3 Å². The average molecular weight is 406 g/mol. The monoisotopic (exact) mass is 406 g/mol. The van der Waals surface area contributed by atoms with Gasteiger partial charge in [0.25, 0.3) is 0 Å². The number of nitrogens with zero attached hydrogens (tertiary/aromatic N) is 5. The lowest BCUT2D eigenvalue weighted by Gasteiger charge is -2.10. The van der Waals surface area contributed by atoms with E-state index in [0.29, 0.717) is 11.7 Å². The number of thioether (sulfide) groups is 1. The summed E-state index contributed by atoms with van der Waals surface area (Å²) in [4.78, 5) is 24.8. The predicted molar refractivity (Wildman–Crippen MR) is 108 cm³/mol. The second-order valence-electron chi connectivity index (χ2n) is 6.18. The van der Waals surface area contributed by atoms with E-state index >= 15 is 0 Å². The summed E-state index contributed by atoms with van der Waals surface area (Å²) in [6.07, 6.45) is 6.93. The van der Waals surface area contributed by atoms with E-state index in [-0.39, 0.29) is 18.2 Å². The summed E-state index contributed by atoms with van der Waals surface area (Å²) in [7, 11) is 0. The molecule has 0 unspecified atom stereocenters. The van der Waals surface area contributed by atoms with Gasteiger partial charge in [0, 0.05) is 30.4 Å². The molecule has 3 heterocycles. The van der Waals surface area contributed by atoms with Crippen molar-refractivity contribution in [2.75, 3.05) is 5.75 Å². The van der Waals surface area contributed by atoms with E-state index in [1.807, 2.05) is 42.0 Å². The van der Waals surface area contributed by atoms with Crippen LogP contribution in [0.1, 0.15) is 11.5 Å². The van der Waals surface area contributed by atoms with Crippen LogP contribution < -0.4 is 5.32 Å². The van der Waals surface area contributed by atoms with Crippen LogP contribution in [-0.4, -0.2) is 36.3 Å². The topological polar surface area (TPSA) is 98.7 Å². The largest absolute Gasteiger partial charge is 0.346 e. The van der Waals surface area contributed by atoms with Crippen molar-refractivity contribution in [3.63, 3.8) is 0 Å². The molecule has 0 aliphatic heterocycles. The number of para-hydroxylation sites is 1. The van der Waals surface area contributed by atoms with Crippen molar-refractivity contribution in [2.45, 2.75) is 18.6 Å². The van der Waals surface area contributed by atoms with E-state index in [1.54, 1.807) is 30.7 Å². The Bertz CT molecular complexity index is 1110. The predicted octanol–water partition coefficient (Wildman–Crippen LogP) is 3.03. The number of aromatic nitrogens is 5. The van der Waals surface area contributed by atoms with E-state index in [4.69, 9.17) is 4.52 Å². The number of amides is 1. The molecule has 0 aliphatic rings. The second kappa shape index (κ2) is 8.70. The van der Waals surface area contributed by atoms with Crippen molar-refractivity contribution in [1.29, 1.82) is 0 Å². The molecule has 3 aromatic heterocycles. The molecular formula is C20H18N6O2S. The first-order valence-electron chi connectivity index (χ1n) is 8.92. The molecule has 8 nitrogen and oxygen atoms in total. The number of nitrogens with one attached hydrogen (secondary N) is 1. The van der Waals surface area contributed by atoms with Gasteiger partial charge in [0.05, 0.1) is 18.0 Å². The second-order valence-corrected chi connectivity index (χ2v) is 7.12. The van der Waals surface area contributed by atoms with Crippen molar-refractivity contribution in [1.82, 2.24) is 30.0 Å².